The van der Waals surface area contributed by atoms with E-state index in [9.17, 15) is 0 Å². The lowest BCUT2D eigenvalue weighted by molar-refractivity contribution is -0.00279. The number of likely N-dealkylation sites (tertiary alicyclic amines) is 1. The van der Waals surface area contributed by atoms with Gasteiger partial charge in [0.05, 0.1) is 0 Å². The van der Waals surface area contributed by atoms with Crippen molar-refractivity contribution in [3.05, 3.63) is 0 Å². The molecule has 1 heteroatoms. The third-order valence-electron chi connectivity index (χ3n) is 4.58. The Balaban J connectivity index is 2.83. The first-order chi connectivity index (χ1) is 8.73. The second kappa shape index (κ2) is 5.63. The lowest BCUT2D eigenvalue weighted by Gasteiger charge is -2.50. The Morgan fingerprint density at radius 3 is 1.30 bits per heavy atom. The van der Waals surface area contributed by atoms with Gasteiger partial charge < -0.3 is 0 Å². The first kappa shape index (κ1) is 18.0. The van der Waals surface area contributed by atoms with Gasteiger partial charge in [-0.25, -0.2) is 0 Å². The van der Waals surface area contributed by atoms with E-state index in [0.29, 0.717) is 21.8 Å². The standard InChI is InChI=1S/C19H39N/c1-16(2,3)14-19(15-17(4,5)6)10-12-20(13-11-19)18(7,8)9/h10-15H2,1-9H3. The Morgan fingerprint density at radius 2 is 1.05 bits per heavy atom. The largest absolute Gasteiger partial charge is 0.298 e. The fourth-order valence-corrected chi connectivity index (χ4v) is 4.32. The number of hydrogen-bond acceptors (Lipinski definition) is 1. The molecule has 0 unspecified atom stereocenters. The van der Waals surface area contributed by atoms with Gasteiger partial charge in [-0.1, -0.05) is 41.5 Å². The zero-order chi connectivity index (χ0) is 15.8. The van der Waals surface area contributed by atoms with E-state index in [1.165, 1.54) is 38.8 Å². The van der Waals surface area contributed by atoms with E-state index < -0.39 is 0 Å². The minimum Gasteiger partial charge on any atom is -0.298 e. The molecule has 1 fully saturated rings. The Morgan fingerprint density at radius 1 is 0.700 bits per heavy atom. The van der Waals surface area contributed by atoms with Crippen molar-refractivity contribution < 1.29 is 0 Å². The van der Waals surface area contributed by atoms with Gasteiger partial charge in [0.15, 0.2) is 0 Å². The third-order valence-corrected chi connectivity index (χ3v) is 4.58. The SMILES string of the molecule is CC(C)(C)CC1(CC(C)(C)C)CCN(C(C)(C)C)CC1. The van der Waals surface area contributed by atoms with Crippen molar-refractivity contribution in [3.8, 4) is 0 Å². The highest BCUT2D eigenvalue weighted by atomic mass is 15.2. The molecule has 1 heterocycles. The molecule has 0 amide bonds. The van der Waals surface area contributed by atoms with E-state index in [4.69, 9.17) is 0 Å². The first-order valence-corrected chi connectivity index (χ1v) is 8.48. The van der Waals surface area contributed by atoms with Crippen LogP contribution in [0, 0.1) is 16.2 Å². The van der Waals surface area contributed by atoms with Gasteiger partial charge in [0.1, 0.15) is 0 Å². The summed E-state index contributed by atoms with van der Waals surface area (Å²) in [4.78, 5) is 2.68. The van der Waals surface area contributed by atoms with Crippen LogP contribution in [0.1, 0.15) is 88.0 Å². The van der Waals surface area contributed by atoms with Crippen molar-refractivity contribution in [1.82, 2.24) is 4.90 Å². The smallest absolute Gasteiger partial charge is 0.0125 e. The molecule has 0 spiro atoms. The molecule has 0 aliphatic carbocycles. The first-order valence-electron chi connectivity index (χ1n) is 8.48. The van der Waals surface area contributed by atoms with Crippen molar-refractivity contribution >= 4 is 0 Å². The minimum absolute atomic E-state index is 0.329. The molecular weight excluding hydrogens is 242 g/mol. The molecule has 1 rings (SSSR count). The van der Waals surface area contributed by atoms with E-state index in [-0.39, 0.29) is 0 Å². The van der Waals surface area contributed by atoms with Crippen LogP contribution in [-0.4, -0.2) is 23.5 Å². The van der Waals surface area contributed by atoms with Crippen LogP contribution >= 0.6 is 0 Å². The van der Waals surface area contributed by atoms with Crippen molar-refractivity contribution in [2.75, 3.05) is 13.1 Å². The topological polar surface area (TPSA) is 3.24 Å². The summed E-state index contributed by atoms with van der Waals surface area (Å²) >= 11 is 0. The van der Waals surface area contributed by atoms with Crippen LogP contribution in [0.15, 0.2) is 0 Å². The molecule has 0 N–H and O–H groups in total. The molecule has 120 valence electrons. The van der Waals surface area contributed by atoms with Gasteiger partial charge in [0.25, 0.3) is 0 Å². The Kier molecular flexibility index (Phi) is 5.07. The van der Waals surface area contributed by atoms with E-state index in [1.807, 2.05) is 0 Å². The lowest BCUT2D eigenvalue weighted by atomic mass is 9.62. The Bertz CT molecular complexity index is 282. The van der Waals surface area contributed by atoms with Crippen molar-refractivity contribution in [1.29, 1.82) is 0 Å². The molecule has 0 atom stereocenters. The summed E-state index contributed by atoms with van der Waals surface area (Å²) in [6.45, 7) is 24.1. The van der Waals surface area contributed by atoms with Crippen molar-refractivity contribution in [3.63, 3.8) is 0 Å². The van der Waals surface area contributed by atoms with Gasteiger partial charge in [-0.05, 0) is 75.8 Å². The fraction of sp³-hybridized carbons (Fsp3) is 1.00. The van der Waals surface area contributed by atoms with E-state index in [1.54, 1.807) is 0 Å². The van der Waals surface area contributed by atoms with Crippen molar-refractivity contribution in [2.45, 2.75) is 93.5 Å². The lowest BCUT2D eigenvalue weighted by Crippen LogP contribution is -2.50. The monoisotopic (exact) mass is 281 g/mol. The highest BCUT2D eigenvalue weighted by Gasteiger charge is 2.41. The van der Waals surface area contributed by atoms with E-state index in [0.717, 1.165) is 0 Å². The molecule has 1 nitrogen and oxygen atoms in total. The number of hydrogen-bond donors (Lipinski definition) is 0. The second-order valence-electron chi connectivity index (χ2n) is 10.6. The maximum absolute atomic E-state index is 2.68. The normalized spacial score (nSPS) is 22.1. The summed E-state index contributed by atoms with van der Waals surface area (Å²) in [5, 5.41) is 0. The summed E-state index contributed by atoms with van der Waals surface area (Å²) in [6, 6.07) is 0. The molecule has 1 saturated heterocycles. The van der Waals surface area contributed by atoms with Gasteiger partial charge in [-0.15, -0.1) is 0 Å². The molecule has 0 aromatic carbocycles. The van der Waals surface area contributed by atoms with E-state index >= 15 is 0 Å². The fourth-order valence-electron chi connectivity index (χ4n) is 4.32. The summed E-state index contributed by atoms with van der Waals surface area (Å²) in [7, 11) is 0. The molecule has 0 aromatic heterocycles. The second-order valence-corrected chi connectivity index (χ2v) is 10.6. The number of nitrogens with zero attached hydrogens (tertiary/aromatic N) is 1. The summed E-state index contributed by atoms with van der Waals surface area (Å²) in [5.41, 5.74) is 1.76. The predicted molar refractivity (Wildman–Crippen MR) is 91.1 cm³/mol. The molecule has 0 aromatic rings. The molecule has 1 aliphatic heterocycles. The van der Waals surface area contributed by atoms with Gasteiger partial charge >= 0.3 is 0 Å². The van der Waals surface area contributed by atoms with Crippen LogP contribution in [0.25, 0.3) is 0 Å². The van der Waals surface area contributed by atoms with Gasteiger partial charge in [0.2, 0.25) is 0 Å². The quantitative estimate of drug-likeness (QED) is 0.624. The number of rotatable bonds is 2. The average molecular weight is 282 g/mol. The number of piperidine rings is 1. The van der Waals surface area contributed by atoms with Crippen LogP contribution in [-0.2, 0) is 0 Å². The highest BCUT2D eigenvalue weighted by molar-refractivity contribution is 4.94. The maximum Gasteiger partial charge on any atom is 0.0125 e. The van der Waals surface area contributed by atoms with E-state index in [2.05, 4.69) is 67.2 Å². The minimum atomic E-state index is 0.329. The van der Waals surface area contributed by atoms with Crippen LogP contribution in [0.2, 0.25) is 0 Å². The third kappa shape index (κ3) is 5.76. The van der Waals surface area contributed by atoms with Gasteiger partial charge in [-0.3, -0.25) is 4.90 Å². The zero-order valence-corrected chi connectivity index (χ0v) is 15.7. The summed E-state index contributed by atoms with van der Waals surface area (Å²) < 4.78 is 0. The summed E-state index contributed by atoms with van der Waals surface area (Å²) in [6.07, 6.45) is 5.49. The zero-order valence-electron chi connectivity index (χ0n) is 15.7. The van der Waals surface area contributed by atoms with Crippen LogP contribution in [0.3, 0.4) is 0 Å². The molecule has 0 radical (unpaired) electrons. The molecule has 1 aliphatic rings. The van der Waals surface area contributed by atoms with Crippen LogP contribution < -0.4 is 0 Å². The van der Waals surface area contributed by atoms with Gasteiger partial charge in [-0.2, -0.15) is 0 Å². The van der Waals surface area contributed by atoms with Gasteiger partial charge in [0, 0.05) is 5.54 Å². The Hall–Kier alpha value is -0.0400. The molecule has 0 bridgehead atoms. The predicted octanol–water partition coefficient (Wildman–Crippen LogP) is 5.74. The summed E-state index contributed by atoms with van der Waals surface area (Å²) in [5.74, 6) is 0. The van der Waals surface area contributed by atoms with Crippen LogP contribution in [0.4, 0.5) is 0 Å². The highest BCUT2D eigenvalue weighted by Crippen LogP contribution is 2.49. The Labute approximate surface area is 128 Å². The molecule has 0 saturated carbocycles. The van der Waals surface area contributed by atoms with Crippen LogP contribution in [0.5, 0.6) is 0 Å². The maximum atomic E-state index is 2.68. The van der Waals surface area contributed by atoms with Crippen molar-refractivity contribution in [2.24, 2.45) is 16.2 Å². The molecular formula is C19H39N. The molecule has 20 heavy (non-hydrogen) atoms. The average Bonchev–Trinajstić information content (AvgIpc) is 2.09.